The molecule has 5 heteroatoms. The van der Waals surface area contributed by atoms with E-state index in [2.05, 4.69) is 40.2 Å². The molecular weight excluding hydrogens is 310 g/mol. The van der Waals surface area contributed by atoms with E-state index in [1.54, 1.807) is 0 Å². The van der Waals surface area contributed by atoms with Crippen LogP contribution in [0.25, 0.3) is 16.9 Å². The van der Waals surface area contributed by atoms with Gasteiger partial charge < -0.3 is 4.90 Å². The third-order valence-electron chi connectivity index (χ3n) is 4.90. The summed E-state index contributed by atoms with van der Waals surface area (Å²) in [7, 11) is 0. The Morgan fingerprint density at radius 1 is 1.04 bits per heavy atom. The number of anilines is 1. The lowest BCUT2D eigenvalue weighted by Crippen LogP contribution is -2.34. The molecule has 0 spiro atoms. The maximum Gasteiger partial charge on any atom is 0.225 e. The number of rotatable bonds is 3. The summed E-state index contributed by atoms with van der Waals surface area (Å²) in [5.74, 6) is 1.63. The minimum Gasteiger partial charge on any atom is -0.341 e. The van der Waals surface area contributed by atoms with Crippen LogP contribution in [0.5, 0.6) is 0 Å². The molecule has 3 aromatic rings. The van der Waals surface area contributed by atoms with Crippen molar-refractivity contribution in [2.45, 2.75) is 26.7 Å². The molecule has 2 aromatic heterocycles. The maximum atomic E-state index is 4.82. The van der Waals surface area contributed by atoms with Gasteiger partial charge in [-0.2, -0.15) is 5.10 Å². The Morgan fingerprint density at radius 2 is 1.80 bits per heavy atom. The molecule has 1 aromatic carbocycles. The van der Waals surface area contributed by atoms with Crippen LogP contribution >= 0.6 is 0 Å². The summed E-state index contributed by atoms with van der Waals surface area (Å²) in [4.78, 5) is 11.6. The Bertz CT molecular complexity index is 848. The average Bonchev–Trinajstić information content (AvgIpc) is 3.05. The summed E-state index contributed by atoms with van der Waals surface area (Å²) in [5.41, 5.74) is 4.01. The van der Waals surface area contributed by atoms with Gasteiger partial charge in [-0.3, -0.25) is 0 Å². The fourth-order valence-corrected chi connectivity index (χ4v) is 3.28. The van der Waals surface area contributed by atoms with E-state index in [4.69, 9.17) is 4.98 Å². The van der Waals surface area contributed by atoms with Gasteiger partial charge in [0.15, 0.2) is 0 Å². The molecule has 0 unspecified atom stereocenters. The Kier molecular flexibility index (Phi) is 4.22. The molecule has 1 fully saturated rings. The molecule has 0 amide bonds. The third-order valence-corrected chi connectivity index (χ3v) is 4.90. The van der Waals surface area contributed by atoms with Crippen molar-refractivity contribution in [1.82, 2.24) is 19.7 Å². The number of nitrogens with zero attached hydrogens (tertiary/aromatic N) is 5. The summed E-state index contributed by atoms with van der Waals surface area (Å²) < 4.78 is 1.91. The van der Waals surface area contributed by atoms with Crippen molar-refractivity contribution in [1.29, 1.82) is 0 Å². The lowest BCUT2D eigenvalue weighted by atomic mass is 10.00. The van der Waals surface area contributed by atoms with Crippen molar-refractivity contribution in [3.05, 3.63) is 54.5 Å². The van der Waals surface area contributed by atoms with Crippen LogP contribution in [0.4, 0.5) is 5.95 Å². The lowest BCUT2D eigenvalue weighted by molar-refractivity contribution is 0.434. The zero-order valence-electron chi connectivity index (χ0n) is 14.8. The van der Waals surface area contributed by atoms with Gasteiger partial charge in [0, 0.05) is 31.0 Å². The van der Waals surface area contributed by atoms with Crippen molar-refractivity contribution in [3.8, 4) is 16.9 Å². The predicted molar refractivity (Wildman–Crippen MR) is 99.9 cm³/mol. The highest BCUT2D eigenvalue weighted by atomic mass is 15.3. The van der Waals surface area contributed by atoms with Gasteiger partial charge in [0.05, 0.1) is 17.1 Å². The Hall–Kier alpha value is -2.69. The summed E-state index contributed by atoms with van der Waals surface area (Å²) in [6.45, 7) is 6.41. The number of hydrogen-bond donors (Lipinski definition) is 0. The van der Waals surface area contributed by atoms with E-state index in [0.29, 0.717) is 0 Å². The van der Waals surface area contributed by atoms with Crippen LogP contribution in [0.15, 0.2) is 48.8 Å². The standard InChI is InChI=1S/C20H23N5/c1-15-9-12-24(13-10-15)20-21-11-8-19(22-20)18-14-25(23-16(18)2)17-6-4-3-5-7-17/h3-8,11,14-15H,9-10,12-13H2,1-2H3. The van der Waals surface area contributed by atoms with Crippen LogP contribution in [0.2, 0.25) is 0 Å². The second-order valence-electron chi connectivity index (χ2n) is 6.82. The van der Waals surface area contributed by atoms with Crippen molar-refractivity contribution < 1.29 is 0 Å². The molecule has 0 radical (unpaired) electrons. The van der Waals surface area contributed by atoms with Gasteiger partial charge >= 0.3 is 0 Å². The first kappa shape index (κ1) is 15.8. The van der Waals surface area contributed by atoms with Crippen molar-refractivity contribution in [2.24, 2.45) is 5.92 Å². The molecule has 1 saturated heterocycles. The SMILES string of the molecule is Cc1nn(-c2ccccc2)cc1-c1ccnc(N2CCC(C)CC2)n1. The van der Waals surface area contributed by atoms with E-state index >= 15 is 0 Å². The Labute approximate surface area is 148 Å². The summed E-state index contributed by atoms with van der Waals surface area (Å²) in [5, 5.41) is 4.65. The van der Waals surface area contributed by atoms with Crippen molar-refractivity contribution >= 4 is 5.95 Å². The number of hydrogen-bond acceptors (Lipinski definition) is 4. The van der Waals surface area contributed by atoms with Crippen LogP contribution in [0, 0.1) is 12.8 Å². The third kappa shape index (κ3) is 3.27. The van der Waals surface area contributed by atoms with Crippen LogP contribution in [-0.2, 0) is 0 Å². The smallest absolute Gasteiger partial charge is 0.225 e. The minimum absolute atomic E-state index is 0.797. The van der Waals surface area contributed by atoms with Crippen LogP contribution in [0.1, 0.15) is 25.5 Å². The molecule has 0 saturated carbocycles. The normalized spacial score (nSPS) is 15.5. The number of para-hydroxylation sites is 1. The molecule has 1 aliphatic heterocycles. The molecule has 1 aliphatic rings. The van der Waals surface area contributed by atoms with E-state index in [-0.39, 0.29) is 0 Å². The van der Waals surface area contributed by atoms with Gasteiger partial charge in [-0.05, 0) is 43.9 Å². The molecule has 0 bridgehead atoms. The predicted octanol–water partition coefficient (Wildman–Crippen LogP) is 3.87. The van der Waals surface area contributed by atoms with Crippen LogP contribution in [0.3, 0.4) is 0 Å². The zero-order valence-corrected chi connectivity index (χ0v) is 14.8. The fourth-order valence-electron chi connectivity index (χ4n) is 3.28. The molecule has 5 nitrogen and oxygen atoms in total. The Morgan fingerprint density at radius 3 is 2.56 bits per heavy atom. The minimum atomic E-state index is 0.797. The number of benzene rings is 1. The highest BCUT2D eigenvalue weighted by Gasteiger charge is 2.19. The molecular formula is C20H23N5. The first-order valence-electron chi connectivity index (χ1n) is 8.91. The topological polar surface area (TPSA) is 46.8 Å². The highest BCUT2D eigenvalue weighted by Crippen LogP contribution is 2.25. The number of aromatic nitrogens is 4. The summed E-state index contributed by atoms with van der Waals surface area (Å²) >= 11 is 0. The van der Waals surface area contributed by atoms with Crippen LogP contribution < -0.4 is 4.90 Å². The monoisotopic (exact) mass is 333 g/mol. The van der Waals surface area contributed by atoms with Gasteiger partial charge in [0.1, 0.15) is 0 Å². The molecule has 0 atom stereocenters. The van der Waals surface area contributed by atoms with Crippen molar-refractivity contribution in [3.63, 3.8) is 0 Å². The average molecular weight is 333 g/mol. The zero-order chi connectivity index (χ0) is 17.2. The van der Waals surface area contributed by atoms with Gasteiger partial charge in [-0.15, -0.1) is 0 Å². The summed E-state index contributed by atoms with van der Waals surface area (Å²) in [6.07, 6.45) is 6.32. The largest absolute Gasteiger partial charge is 0.341 e. The van der Waals surface area contributed by atoms with E-state index in [9.17, 15) is 0 Å². The first-order chi connectivity index (χ1) is 12.2. The van der Waals surface area contributed by atoms with Gasteiger partial charge in [0.2, 0.25) is 5.95 Å². The molecule has 3 heterocycles. The quantitative estimate of drug-likeness (QED) is 0.730. The van der Waals surface area contributed by atoms with E-state index in [1.165, 1.54) is 12.8 Å². The number of aryl methyl sites for hydroxylation is 1. The van der Waals surface area contributed by atoms with Crippen molar-refractivity contribution in [2.75, 3.05) is 18.0 Å². The summed E-state index contributed by atoms with van der Waals surface area (Å²) in [6, 6.07) is 12.1. The van der Waals surface area contributed by atoms with Gasteiger partial charge in [0.25, 0.3) is 0 Å². The Balaban J connectivity index is 1.64. The van der Waals surface area contributed by atoms with E-state index in [1.807, 2.05) is 42.1 Å². The number of piperidine rings is 1. The second-order valence-corrected chi connectivity index (χ2v) is 6.82. The molecule has 128 valence electrons. The lowest BCUT2D eigenvalue weighted by Gasteiger charge is -2.30. The maximum absolute atomic E-state index is 4.82. The molecule has 25 heavy (non-hydrogen) atoms. The van der Waals surface area contributed by atoms with E-state index < -0.39 is 0 Å². The molecule has 4 rings (SSSR count). The first-order valence-corrected chi connectivity index (χ1v) is 8.91. The molecule has 0 aliphatic carbocycles. The van der Waals surface area contributed by atoms with Gasteiger partial charge in [-0.25, -0.2) is 14.6 Å². The van der Waals surface area contributed by atoms with Crippen LogP contribution in [-0.4, -0.2) is 32.8 Å². The second kappa shape index (κ2) is 6.67. The highest BCUT2D eigenvalue weighted by molar-refractivity contribution is 5.62. The fraction of sp³-hybridized carbons (Fsp3) is 0.350. The molecule has 0 N–H and O–H groups in total. The van der Waals surface area contributed by atoms with Gasteiger partial charge in [-0.1, -0.05) is 25.1 Å². The van der Waals surface area contributed by atoms with E-state index in [0.717, 1.165) is 47.6 Å².